The van der Waals surface area contributed by atoms with Crippen molar-refractivity contribution in [3.8, 4) is 0 Å². The molecular formula is C18H19F3N6OS. The number of fused-ring (bicyclic) bond motifs is 1. The fraction of sp³-hybridized carbons (Fsp3) is 0.444. The summed E-state index contributed by atoms with van der Waals surface area (Å²) in [5.41, 5.74) is 2.13. The normalized spacial score (nSPS) is 15.8. The quantitative estimate of drug-likeness (QED) is 0.632. The van der Waals surface area contributed by atoms with Crippen LogP contribution < -0.4 is 4.90 Å². The molecule has 0 atom stereocenters. The minimum Gasteiger partial charge on any atom is -0.353 e. The number of carbonyl (C=O) groups excluding carboxylic acids is 1. The lowest BCUT2D eigenvalue weighted by Gasteiger charge is -2.25. The van der Waals surface area contributed by atoms with Gasteiger partial charge in [0, 0.05) is 42.7 Å². The van der Waals surface area contributed by atoms with Crippen molar-refractivity contribution in [2.45, 2.75) is 26.4 Å². The average molecular weight is 424 g/mol. The van der Waals surface area contributed by atoms with E-state index in [2.05, 4.69) is 15.3 Å². The Kier molecular flexibility index (Phi) is 4.93. The molecule has 3 aromatic heterocycles. The number of hydrogen-bond acceptors (Lipinski definition) is 6. The molecule has 0 N–H and O–H groups in total. The lowest BCUT2D eigenvalue weighted by atomic mass is 10.1. The SMILES string of the molecule is Cc1c(N2CCCN(C(=O)c3ccsc3)CC2)nn2c(C(F)(F)F)nnc2c1C. The molecule has 7 nitrogen and oxygen atoms in total. The van der Waals surface area contributed by atoms with Crippen LogP contribution in [-0.4, -0.2) is 56.8 Å². The first-order valence-corrected chi connectivity index (χ1v) is 10.1. The van der Waals surface area contributed by atoms with Crippen molar-refractivity contribution in [1.82, 2.24) is 24.7 Å². The Hall–Kier alpha value is -2.69. The molecule has 0 radical (unpaired) electrons. The molecule has 4 heterocycles. The molecule has 29 heavy (non-hydrogen) atoms. The highest BCUT2D eigenvalue weighted by Gasteiger charge is 2.38. The zero-order chi connectivity index (χ0) is 20.8. The zero-order valence-electron chi connectivity index (χ0n) is 15.9. The van der Waals surface area contributed by atoms with E-state index in [1.54, 1.807) is 17.9 Å². The van der Waals surface area contributed by atoms with Crippen LogP contribution in [0.5, 0.6) is 0 Å². The number of halogens is 3. The first kappa shape index (κ1) is 19.6. The summed E-state index contributed by atoms with van der Waals surface area (Å²) in [5.74, 6) is -0.700. The summed E-state index contributed by atoms with van der Waals surface area (Å²) in [4.78, 5) is 16.3. The summed E-state index contributed by atoms with van der Waals surface area (Å²) in [7, 11) is 0. The van der Waals surface area contributed by atoms with Crippen LogP contribution in [0.1, 0.15) is 33.7 Å². The standard InChI is InChI=1S/C18H19F3N6OS/c1-11-12(2)15(24-27-14(11)22-23-17(27)18(19,20)21)25-5-3-6-26(8-7-25)16(28)13-4-9-29-10-13/h4,9-10H,3,5-8H2,1-2H3. The second-order valence-corrected chi connectivity index (χ2v) is 7.76. The lowest BCUT2D eigenvalue weighted by Crippen LogP contribution is -2.35. The van der Waals surface area contributed by atoms with Gasteiger partial charge in [-0.1, -0.05) is 0 Å². The highest BCUT2D eigenvalue weighted by Crippen LogP contribution is 2.31. The van der Waals surface area contributed by atoms with Crippen LogP contribution >= 0.6 is 11.3 Å². The number of anilines is 1. The van der Waals surface area contributed by atoms with Gasteiger partial charge in [0.05, 0.1) is 5.56 Å². The summed E-state index contributed by atoms with van der Waals surface area (Å²) in [5, 5.41) is 14.9. The largest absolute Gasteiger partial charge is 0.453 e. The topological polar surface area (TPSA) is 66.6 Å². The maximum absolute atomic E-state index is 13.3. The predicted molar refractivity (Wildman–Crippen MR) is 102 cm³/mol. The molecule has 154 valence electrons. The van der Waals surface area contributed by atoms with Crippen LogP contribution in [0.3, 0.4) is 0 Å². The van der Waals surface area contributed by atoms with Gasteiger partial charge < -0.3 is 9.80 Å². The third-order valence-electron chi connectivity index (χ3n) is 5.17. The second-order valence-electron chi connectivity index (χ2n) is 6.98. The van der Waals surface area contributed by atoms with Gasteiger partial charge in [-0.3, -0.25) is 4.79 Å². The highest BCUT2D eigenvalue weighted by molar-refractivity contribution is 7.08. The molecule has 1 aliphatic heterocycles. The van der Waals surface area contributed by atoms with Crippen molar-refractivity contribution >= 4 is 28.7 Å². The van der Waals surface area contributed by atoms with Crippen LogP contribution in [0.2, 0.25) is 0 Å². The van der Waals surface area contributed by atoms with Crippen LogP contribution in [0.4, 0.5) is 19.0 Å². The van der Waals surface area contributed by atoms with Gasteiger partial charge in [-0.05, 0) is 31.7 Å². The molecule has 1 amide bonds. The van der Waals surface area contributed by atoms with Gasteiger partial charge in [0.1, 0.15) is 0 Å². The number of carbonyl (C=O) groups is 1. The van der Waals surface area contributed by atoms with Crippen molar-refractivity contribution in [2.75, 3.05) is 31.1 Å². The van der Waals surface area contributed by atoms with E-state index in [9.17, 15) is 18.0 Å². The van der Waals surface area contributed by atoms with E-state index in [1.165, 1.54) is 11.3 Å². The first-order valence-electron chi connectivity index (χ1n) is 9.13. The zero-order valence-corrected chi connectivity index (χ0v) is 16.7. The van der Waals surface area contributed by atoms with E-state index in [4.69, 9.17) is 0 Å². The van der Waals surface area contributed by atoms with E-state index in [0.29, 0.717) is 49.5 Å². The lowest BCUT2D eigenvalue weighted by molar-refractivity contribution is -0.146. The molecule has 3 aromatic rings. The molecule has 1 saturated heterocycles. The van der Waals surface area contributed by atoms with Crippen LogP contribution in [0, 0.1) is 13.8 Å². The average Bonchev–Trinajstić information content (AvgIpc) is 3.29. The number of alkyl halides is 3. The van der Waals surface area contributed by atoms with Crippen molar-refractivity contribution in [1.29, 1.82) is 0 Å². The minimum absolute atomic E-state index is 0.0254. The van der Waals surface area contributed by atoms with Crippen LogP contribution in [0.15, 0.2) is 16.8 Å². The molecule has 0 aromatic carbocycles. The number of hydrogen-bond donors (Lipinski definition) is 0. The maximum Gasteiger partial charge on any atom is 0.453 e. The Morgan fingerprint density at radius 1 is 1.10 bits per heavy atom. The maximum atomic E-state index is 13.3. The fourth-order valence-corrected chi connectivity index (χ4v) is 4.12. The van der Waals surface area contributed by atoms with Crippen LogP contribution in [-0.2, 0) is 6.18 Å². The third kappa shape index (κ3) is 3.54. The molecule has 11 heteroatoms. The summed E-state index contributed by atoms with van der Waals surface area (Å²) >= 11 is 1.47. The van der Waals surface area contributed by atoms with Crippen LogP contribution in [0.25, 0.3) is 5.65 Å². The van der Waals surface area contributed by atoms with Gasteiger partial charge in [-0.2, -0.15) is 29.0 Å². The van der Waals surface area contributed by atoms with E-state index >= 15 is 0 Å². The molecule has 4 rings (SSSR count). The molecule has 0 bridgehead atoms. The third-order valence-corrected chi connectivity index (χ3v) is 5.86. The number of aryl methyl sites for hydroxylation is 1. The first-order chi connectivity index (χ1) is 13.8. The Morgan fingerprint density at radius 2 is 1.90 bits per heavy atom. The number of amides is 1. The molecule has 1 fully saturated rings. The molecular weight excluding hydrogens is 405 g/mol. The highest BCUT2D eigenvalue weighted by atomic mass is 32.1. The summed E-state index contributed by atoms with van der Waals surface area (Å²) in [6, 6.07) is 1.80. The summed E-state index contributed by atoms with van der Waals surface area (Å²) in [6.45, 7) is 5.68. The second kappa shape index (κ2) is 7.29. The Bertz CT molecular complexity index is 1050. The molecule has 0 spiro atoms. The van der Waals surface area contributed by atoms with E-state index in [0.717, 1.165) is 10.1 Å². The van der Waals surface area contributed by atoms with E-state index in [1.807, 2.05) is 22.6 Å². The summed E-state index contributed by atoms with van der Waals surface area (Å²) in [6.07, 6.45) is -3.95. The number of rotatable bonds is 2. The Morgan fingerprint density at radius 3 is 2.59 bits per heavy atom. The molecule has 0 saturated carbocycles. The smallest absolute Gasteiger partial charge is 0.353 e. The monoisotopic (exact) mass is 424 g/mol. The summed E-state index contributed by atoms with van der Waals surface area (Å²) < 4.78 is 40.6. The predicted octanol–water partition coefficient (Wildman–Crippen LogP) is 3.17. The van der Waals surface area contributed by atoms with Gasteiger partial charge in [-0.15, -0.1) is 15.3 Å². The van der Waals surface area contributed by atoms with Gasteiger partial charge in [-0.25, -0.2) is 0 Å². The van der Waals surface area contributed by atoms with Gasteiger partial charge in [0.2, 0.25) is 0 Å². The van der Waals surface area contributed by atoms with E-state index < -0.39 is 12.0 Å². The van der Waals surface area contributed by atoms with Gasteiger partial charge in [0.25, 0.3) is 11.7 Å². The van der Waals surface area contributed by atoms with E-state index in [-0.39, 0.29) is 11.6 Å². The molecule has 0 unspecified atom stereocenters. The number of aromatic nitrogens is 4. The molecule has 1 aliphatic rings. The van der Waals surface area contributed by atoms with Gasteiger partial charge in [0.15, 0.2) is 11.5 Å². The number of nitrogens with zero attached hydrogens (tertiary/aromatic N) is 6. The minimum atomic E-state index is -4.64. The van der Waals surface area contributed by atoms with Crippen molar-refractivity contribution in [2.24, 2.45) is 0 Å². The van der Waals surface area contributed by atoms with Crippen molar-refractivity contribution in [3.63, 3.8) is 0 Å². The Labute approximate surface area is 168 Å². The molecule has 0 aliphatic carbocycles. The number of thiophene rings is 1. The van der Waals surface area contributed by atoms with Gasteiger partial charge >= 0.3 is 6.18 Å². The Balaban J connectivity index is 1.64. The van der Waals surface area contributed by atoms with Crippen molar-refractivity contribution < 1.29 is 18.0 Å². The fourth-order valence-electron chi connectivity index (χ4n) is 3.49. The van der Waals surface area contributed by atoms with Crippen molar-refractivity contribution in [3.05, 3.63) is 39.3 Å².